The molecular weight excluding hydrogens is 224 g/mol. The maximum atomic E-state index is 12.2. The fraction of sp³-hybridized carbons (Fsp3) is 0.733. The minimum absolute atomic E-state index is 0.241. The number of imidazole rings is 1. The Hall–Kier alpha value is -1.12. The molecule has 1 aromatic heterocycles. The average molecular weight is 244 g/mol. The number of hydrogen-bond acceptors (Lipinski definition) is 2. The van der Waals surface area contributed by atoms with Gasteiger partial charge in [-0.05, 0) is 61.7 Å². The molecule has 4 fully saturated rings. The van der Waals surface area contributed by atoms with E-state index in [-0.39, 0.29) is 5.91 Å². The van der Waals surface area contributed by atoms with Crippen LogP contribution in [0.15, 0.2) is 18.7 Å². The third-order valence-corrected chi connectivity index (χ3v) is 5.62. The standard InChI is InChI=1S/C15H20N2O/c18-15(17-2-1-16-9-17)8-14-12-4-10-3-11(6-12)7-13(14)5-10/h1-2,9-14H,3-8H2. The van der Waals surface area contributed by atoms with Crippen LogP contribution < -0.4 is 0 Å². The molecule has 0 radical (unpaired) electrons. The smallest absolute Gasteiger partial charge is 0.232 e. The Morgan fingerprint density at radius 3 is 2.33 bits per heavy atom. The summed E-state index contributed by atoms with van der Waals surface area (Å²) in [7, 11) is 0. The van der Waals surface area contributed by atoms with E-state index in [1.54, 1.807) is 23.3 Å². The summed E-state index contributed by atoms with van der Waals surface area (Å²) in [6.07, 6.45) is 12.9. The van der Waals surface area contributed by atoms with Gasteiger partial charge in [0, 0.05) is 18.8 Å². The van der Waals surface area contributed by atoms with Crippen molar-refractivity contribution in [2.45, 2.75) is 38.5 Å². The van der Waals surface area contributed by atoms with Gasteiger partial charge < -0.3 is 0 Å². The van der Waals surface area contributed by atoms with Gasteiger partial charge in [-0.2, -0.15) is 0 Å². The highest BCUT2D eigenvalue weighted by Gasteiger charge is 2.48. The van der Waals surface area contributed by atoms with E-state index in [9.17, 15) is 4.79 Å². The fourth-order valence-electron chi connectivity index (χ4n) is 5.08. The van der Waals surface area contributed by atoms with Crippen molar-refractivity contribution < 1.29 is 4.79 Å². The van der Waals surface area contributed by atoms with Gasteiger partial charge in [-0.25, -0.2) is 4.98 Å². The van der Waals surface area contributed by atoms with Crippen LogP contribution in [0.4, 0.5) is 0 Å². The predicted octanol–water partition coefficient (Wildman–Crippen LogP) is 2.99. The van der Waals surface area contributed by atoms with Crippen molar-refractivity contribution in [2.24, 2.45) is 29.6 Å². The van der Waals surface area contributed by atoms with Crippen LogP contribution in [0.2, 0.25) is 0 Å². The highest BCUT2D eigenvalue weighted by Crippen LogP contribution is 2.57. The van der Waals surface area contributed by atoms with Crippen molar-refractivity contribution >= 4 is 5.91 Å². The van der Waals surface area contributed by atoms with Gasteiger partial charge >= 0.3 is 0 Å². The lowest BCUT2D eigenvalue weighted by Crippen LogP contribution is -2.45. The molecule has 0 saturated heterocycles. The van der Waals surface area contributed by atoms with E-state index in [2.05, 4.69) is 4.98 Å². The maximum absolute atomic E-state index is 12.2. The molecule has 4 aliphatic rings. The lowest BCUT2D eigenvalue weighted by Gasteiger charge is -2.54. The third kappa shape index (κ3) is 1.63. The van der Waals surface area contributed by atoms with Crippen LogP contribution in [-0.4, -0.2) is 15.5 Å². The molecule has 4 bridgehead atoms. The number of carbonyl (C=O) groups excluding carboxylic acids is 1. The Labute approximate surface area is 108 Å². The van der Waals surface area contributed by atoms with Gasteiger partial charge in [0.2, 0.25) is 5.91 Å². The van der Waals surface area contributed by atoms with E-state index in [4.69, 9.17) is 0 Å². The number of carbonyl (C=O) groups is 1. The molecule has 0 aliphatic heterocycles. The first kappa shape index (κ1) is 10.8. The minimum atomic E-state index is 0.241. The van der Waals surface area contributed by atoms with E-state index < -0.39 is 0 Å². The molecule has 3 nitrogen and oxygen atoms in total. The van der Waals surface area contributed by atoms with Crippen molar-refractivity contribution in [1.82, 2.24) is 9.55 Å². The summed E-state index contributed by atoms with van der Waals surface area (Å²) < 4.78 is 1.66. The third-order valence-electron chi connectivity index (χ3n) is 5.62. The number of nitrogens with zero attached hydrogens (tertiary/aromatic N) is 2. The van der Waals surface area contributed by atoms with Crippen molar-refractivity contribution in [2.75, 3.05) is 0 Å². The molecule has 3 heteroatoms. The van der Waals surface area contributed by atoms with E-state index in [0.29, 0.717) is 5.92 Å². The summed E-state index contributed by atoms with van der Waals surface area (Å²) in [6, 6.07) is 0. The van der Waals surface area contributed by atoms with E-state index in [0.717, 1.165) is 30.1 Å². The molecule has 4 aliphatic carbocycles. The molecule has 1 aromatic rings. The van der Waals surface area contributed by atoms with Crippen molar-refractivity contribution in [3.05, 3.63) is 18.7 Å². The van der Waals surface area contributed by atoms with Gasteiger partial charge in [0.05, 0.1) is 0 Å². The van der Waals surface area contributed by atoms with Crippen LogP contribution in [0.5, 0.6) is 0 Å². The van der Waals surface area contributed by atoms with Crippen molar-refractivity contribution in [3.63, 3.8) is 0 Å². The highest BCUT2D eigenvalue weighted by molar-refractivity contribution is 5.78. The molecule has 0 atom stereocenters. The zero-order valence-electron chi connectivity index (χ0n) is 10.7. The summed E-state index contributed by atoms with van der Waals surface area (Å²) in [5.41, 5.74) is 0. The van der Waals surface area contributed by atoms with Gasteiger partial charge in [0.25, 0.3) is 0 Å². The second-order valence-electron chi connectivity index (χ2n) is 6.66. The van der Waals surface area contributed by atoms with Gasteiger partial charge in [0.15, 0.2) is 0 Å². The molecule has 0 N–H and O–H groups in total. The Morgan fingerprint density at radius 2 is 1.78 bits per heavy atom. The largest absolute Gasteiger partial charge is 0.276 e. The molecule has 0 unspecified atom stereocenters. The van der Waals surface area contributed by atoms with Crippen molar-refractivity contribution in [3.8, 4) is 0 Å². The van der Waals surface area contributed by atoms with Crippen molar-refractivity contribution in [1.29, 1.82) is 0 Å². The number of rotatable bonds is 2. The molecule has 1 heterocycles. The van der Waals surface area contributed by atoms with E-state index >= 15 is 0 Å². The second kappa shape index (κ2) is 3.94. The summed E-state index contributed by atoms with van der Waals surface area (Å²) in [4.78, 5) is 16.2. The van der Waals surface area contributed by atoms with Crippen LogP contribution in [0, 0.1) is 29.6 Å². The van der Waals surface area contributed by atoms with Crippen LogP contribution in [0.3, 0.4) is 0 Å². The molecule has 4 saturated carbocycles. The minimum Gasteiger partial charge on any atom is -0.276 e. The van der Waals surface area contributed by atoms with Crippen LogP contribution in [-0.2, 0) is 0 Å². The molecule has 5 rings (SSSR count). The Bertz CT molecular complexity index is 423. The number of hydrogen-bond donors (Lipinski definition) is 0. The lowest BCUT2D eigenvalue weighted by molar-refractivity contribution is -0.0375. The fourth-order valence-corrected chi connectivity index (χ4v) is 5.08. The van der Waals surface area contributed by atoms with E-state index in [1.165, 1.54) is 32.1 Å². The Kier molecular flexibility index (Phi) is 2.36. The molecule has 96 valence electrons. The highest BCUT2D eigenvalue weighted by atomic mass is 16.2. The topological polar surface area (TPSA) is 34.9 Å². The SMILES string of the molecule is O=C(CC1C2CC3CC(C2)CC1C3)n1ccnc1. The van der Waals surface area contributed by atoms with Gasteiger partial charge in [-0.1, -0.05) is 0 Å². The Balaban J connectivity index is 1.50. The zero-order valence-corrected chi connectivity index (χ0v) is 10.7. The number of aromatic nitrogens is 2. The van der Waals surface area contributed by atoms with Crippen LogP contribution in [0.1, 0.15) is 43.3 Å². The molecule has 0 aromatic carbocycles. The summed E-state index contributed by atoms with van der Waals surface area (Å²) in [6.45, 7) is 0. The summed E-state index contributed by atoms with van der Waals surface area (Å²) in [5.74, 6) is 4.57. The molecule has 0 amide bonds. The molecular formula is C15H20N2O. The Morgan fingerprint density at radius 1 is 1.11 bits per heavy atom. The van der Waals surface area contributed by atoms with Gasteiger partial charge in [-0.15, -0.1) is 0 Å². The normalized spacial score (nSPS) is 41.2. The molecule has 0 spiro atoms. The maximum Gasteiger partial charge on any atom is 0.232 e. The molecule has 18 heavy (non-hydrogen) atoms. The first-order valence-electron chi connectivity index (χ1n) is 7.30. The average Bonchev–Trinajstić information content (AvgIpc) is 2.86. The van der Waals surface area contributed by atoms with Crippen LogP contribution in [0.25, 0.3) is 0 Å². The van der Waals surface area contributed by atoms with Crippen LogP contribution >= 0.6 is 0 Å². The predicted molar refractivity (Wildman–Crippen MR) is 68.0 cm³/mol. The summed E-state index contributed by atoms with van der Waals surface area (Å²) in [5, 5.41) is 0. The monoisotopic (exact) mass is 244 g/mol. The first-order valence-corrected chi connectivity index (χ1v) is 7.30. The van der Waals surface area contributed by atoms with Gasteiger partial charge in [-0.3, -0.25) is 9.36 Å². The second-order valence-corrected chi connectivity index (χ2v) is 6.66. The lowest BCUT2D eigenvalue weighted by atomic mass is 9.51. The van der Waals surface area contributed by atoms with E-state index in [1.807, 2.05) is 0 Å². The quantitative estimate of drug-likeness (QED) is 0.801. The zero-order chi connectivity index (χ0) is 12.1. The first-order chi connectivity index (χ1) is 8.79. The van der Waals surface area contributed by atoms with Gasteiger partial charge in [0.1, 0.15) is 6.33 Å². The summed E-state index contributed by atoms with van der Waals surface area (Å²) >= 11 is 0.